The van der Waals surface area contributed by atoms with Gasteiger partial charge in [-0.3, -0.25) is 4.68 Å². The third-order valence-electron chi connectivity index (χ3n) is 1.74. The van der Waals surface area contributed by atoms with Crippen molar-refractivity contribution in [2.75, 3.05) is 12.5 Å². The van der Waals surface area contributed by atoms with E-state index >= 15 is 0 Å². The molecular formula is C10H15ClN2O. The van der Waals surface area contributed by atoms with Crippen LogP contribution in [0.25, 0.3) is 0 Å². The number of halogens is 1. The van der Waals surface area contributed by atoms with Crippen LogP contribution >= 0.6 is 11.6 Å². The summed E-state index contributed by atoms with van der Waals surface area (Å²) in [7, 11) is 0. The summed E-state index contributed by atoms with van der Waals surface area (Å²) < 4.78 is 7.27. The van der Waals surface area contributed by atoms with Crippen molar-refractivity contribution < 1.29 is 4.74 Å². The van der Waals surface area contributed by atoms with E-state index in [2.05, 4.69) is 25.5 Å². The van der Waals surface area contributed by atoms with Gasteiger partial charge in [-0.1, -0.05) is 6.58 Å². The van der Waals surface area contributed by atoms with Crippen molar-refractivity contribution in [1.82, 2.24) is 9.78 Å². The Bertz CT molecular complexity index is 307. The van der Waals surface area contributed by atoms with E-state index in [1.165, 1.54) is 0 Å². The highest BCUT2D eigenvalue weighted by Gasteiger charge is 2.02. The molecule has 14 heavy (non-hydrogen) atoms. The van der Waals surface area contributed by atoms with Crippen molar-refractivity contribution in [2.24, 2.45) is 0 Å². The highest BCUT2D eigenvalue weighted by molar-refractivity contribution is 6.19. The van der Waals surface area contributed by atoms with Crippen LogP contribution in [0.5, 0.6) is 5.75 Å². The predicted molar refractivity (Wildman–Crippen MR) is 58.0 cm³/mol. The summed E-state index contributed by atoms with van der Waals surface area (Å²) in [6, 6.07) is 0.351. The van der Waals surface area contributed by atoms with Crippen molar-refractivity contribution in [3.05, 3.63) is 24.5 Å². The van der Waals surface area contributed by atoms with Gasteiger partial charge in [-0.15, -0.1) is 11.6 Å². The molecule has 0 bridgehead atoms. The minimum absolute atomic E-state index is 0.351. The SMILES string of the molecule is C=C(CCl)COc1cnn(C(C)C)c1. The largest absolute Gasteiger partial charge is 0.486 e. The molecule has 78 valence electrons. The number of nitrogens with zero attached hydrogens (tertiary/aromatic N) is 2. The molecule has 0 unspecified atom stereocenters. The Kier molecular flexibility index (Phi) is 4.01. The molecule has 0 fully saturated rings. The van der Waals surface area contributed by atoms with Crippen molar-refractivity contribution in [3.63, 3.8) is 0 Å². The van der Waals surface area contributed by atoms with Gasteiger partial charge in [0.15, 0.2) is 5.75 Å². The fourth-order valence-corrected chi connectivity index (χ4v) is 0.979. The van der Waals surface area contributed by atoms with Crippen LogP contribution in [0, 0.1) is 0 Å². The highest BCUT2D eigenvalue weighted by Crippen LogP contribution is 2.13. The van der Waals surface area contributed by atoms with Crippen molar-refractivity contribution in [3.8, 4) is 5.75 Å². The van der Waals surface area contributed by atoms with E-state index in [-0.39, 0.29) is 0 Å². The lowest BCUT2D eigenvalue weighted by atomic mass is 10.4. The standard InChI is InChI=1S/C10H15ClN2O/c1-8(2)13-6-10(5-12-13)14-7-9(3)4-11/h5-6,8H,3-4,7H2,1-2H3. The minimum atomic E-state index is 0.351. The lowest BCUT2D eigenvalue weighted by Gasteiger charge is -2.04. The topological polar surface area (TPSA) is 27.1 Å². The lowest BCUT2D eigenvalue weighted by Crippen LogP contribution is -2.01. The predicted octanol–water partition coefficient (Wildman–Crippen LogP) is 2.64. The summed E-state index contributed by atoms with van der Waals surface area (Å²) >= 11 is 5.57. The van der Waals surface area contributed by atoms with Crippen LogP contribution in [0.4, 0.5) is 0 Å². The van der Waals surface area contributed by atoms with Crippen molar-refractivity contribution >= 4 is 11.6 Å². The van der Waals surface area contributed by atoms with E-state index < -0.39 is 0 Å². The Labute approximate surface area is 89.3 Å². The van der Waals surface area contributed by atoms with Crippen molar-refractivity contribution in [1.29, 1.82) is 0 Å². The summed E-state index contributed by atoms with van der Waals surface area (Å²) in [5.41, 5.74) is 0.865. The molecular weight excluding hydrogens is 200 g/mol. The molecule has 0 spiro atoms. The second-order valence-corrected chi connectivity index (χ2v) is 3.69. The first-order valence-corrected chi connectivity index (χ1v) is 5.06. The van der Waals surface area contributed by atoms with Gasteiger partial charge < -0.3 is 4.74 Å². The molecule has 0 saturated heterocycles. The Balaban J connectivity index is 2.48. The van der Waals surface area contributed by atoms with E-state index in [9.17, 15) is 0 Å². The molecule has 0 radical (unpaired) electrons. The number of alkyl halides is 1. The van der Waals surface area contributed by atoms with Gasteiger partial charge in [-0.05, 0) is 19.4 Å². The molecule has 0 saturated carbocycles. The van der Waals surface area contributed by atoms with E-state index in [1.54, 1.807) is 6.20 Å². The summed E-state index contributed by atoms with van der Waals surface area (Å²) in [5.74, 6) is 1.18. The first-order valence-electron chi connectivity index (χ1n) is 4.53. The molecule has 0 aliphatic carbocycles. The third kappa shape index (κ3) is 3.07. The highest BCUT2D eigenvalue weighted by atomic mass is 35.5. The van der Waals surface area contributed by atoms with Crippen LogP contribution in [0.2, 0.25) is 0 Å². The number of aromatic nitrogens is 2. The summed E-state index contributed by atoms with van der Waals surface area (Å²) in [5, 5.41) is 4.15. The van der Waals surface area contributed by atoms with Gasteiger partial charge in [0.1, 0.15) is 6.61 Å². The minimum Gasteiger partial charge on any atom is -0.486 e. The van der Waals surface area contributed by atoms with Gasteiger partial charge in [-0.25, -0.2) is 0 Å². The average Bonchev–Trinajstić information content (AvgIpc) is 2.62. The molecule has 1 aromatic heterocycles. The Morgan fingerprint density at radius 1 is 1.71 bits per heavy atom. The molecule has 1 aromatic rings. The fraction of sp³-hybridized carbons (Fsp3) is 0.500. The maximum absolute atomic E-state index is 5.57. The van der Waals surface area contributed by atoms with E-state index in [0.717, 1.165) is 11.3 Å². The number of hydrogen-bond acceptors (Lipinski definition) is 2. The molecule has 0 aromatic carbocycles. The van der Waals surface area contributed by atoms with Crippen molar-refractivity contribution in [2.45, 2.75) is 19.9 Å². The Morgan fingerprint density at radius 2 is 2.43 bits per heavy atom. The number of hydrogen-bond donors (Lipinski definition) is 0. The van der Waals surface area contributed by atoms with Gasteiger partial charge in [0.25, 0.3) is 0 Å². The first kappa shape index (κ1) is 11.1. The second kappa shape index (κ2) is 5.05. The van der Waals surface area contributed by atoms with E-state index in [4.69, 9.17) is 16.3 Å². The zero-order valence-electron chi connectivity index (χ0n) is 8.53. The first-order chi connectivity index (χ1) is 6.63. The fourth-order valence-electron chi connectivity index (χ4n) is 0.902. The summed E-state index contributed by atoms with van der Waals surface area (Å²) in [6.45, 7) is 8.33. The zero-order valence-corrected chi connectivity index (χ0v) is 9.29. The second-order valence-electron chi connectivity index (χ2n) is 3.42. The van der Waals surface area contributed by atoms with Gasteiger partial charge in [0, 0.05) is 11.9 Å². The number of rotatable bonds is 5. The van der Waals surface area contributed by atoms with Gasteiger partial charge in [-0.2, -0.15) is 5.10 Å². The molecule has 0 atom stereocenters. The monoisotopic (exact) mass is 214 g/mol. The number of ether oxygens (including phenoxy) is 1. The van der Waals surface area contributed by atoms with Gasteiger partial charge in [0.2, 0.25) is 0 Å². The quantitative estimate of drug-likeness (QED) is 0.557. The Morgan fingerprint density at radius 3 is 2.93 bits per heavy atom. The Hall–Kier alpha value is -0.960. The lowest BCUT2D eigenvalue weighted by molar-refractivity contribution is 0.352. The zero-order chi connectivity index (χ0) is 10.6. The molecule has 1 rings (SSSR count). The third-order valence-corrected chi connectivity index (χ3v) is 2.12. The summed E-state index contributed by atoms with van der Waals surface area (Å²) in [6.07, 6.45) is 3.56. The molecule has 0 aliphatic rings. The maximum atomic E-state index is 5.57. The normalized spacial score (nSPS) is 10.6. The molecule has 0 aliphatic heterocycles. The molecule has 0 amide bonds. The van der Waals surface area contributed by atoms with Crippen LogP contribution in [0.3, 0.4) is 0 Å². The maximum Gasteiger partial charge on any atom is 0.157 e. The van der Waals surface area contributed by atoms with E-state index in [0.29, 0.717) is 18.5 Å². The van der Waals surface area contributed by atoms with Crippen LogP contribution in [-0.4, -0.2) is 22.3 Å². The molecule has 1 heterocycles. The molecule has 4 heteroatoms. The van der Waals surface area contributed by atoms with Gasteiger partial charge in [0.05, 0.1) is 12.4 Å². The van der Waals surface area contributed by atoms with Crippen LogP contribution in [0.1, 0.15) is 19.9 Å². The van der Waals surface area contributed by atoms with Gasteiger partial charge >= 0.3 is 0 Å². The van der Waals surface area contributed by atoms with Crippen LogP contribution in [-0.2, 0) is 0 Å². The molecule has 0 N–H and O–H groups in total. The molecule has 3 nitrogen and oxygen atoms in total. The summed E-state index contributed by atoms with van der Waals surface area (Å²) in [4.78, 5) is 0. The van der Waals surface area contributed by atoms with Crippen LogP contribution in [0.15, 0.2) is 24.5 Å². The smallest absolute Gasteiger partial charge is 0.157 e. The average molecular weight is 215 g/mol. The van der Waals surface area contributed by atoms with E-state index in [1.807, 2.05) is 10.9 Å². The van der Waals surface area contributed by atoms with Crippen LogP contribution < -0.4 is 4.74 Å².